The van der Waals surface area contributed by atoms with Crippen molar-refractivity contribution in [2.75, 3.05) is 20.2 Å². The number of rotatable bonds is 7. The number of pyridine rings is 1. The lowest BCUT2D eigenvalue weighted by molar-refractivity contribution is 0.0936. The minimum Gasteiger partial charge on any atom is -0.481 e. The van der Waals surface area contributed by atoms with E-state index in [1.165, 1.54) is 24.8 Å². The smallest absolute Gasteiger partial charge is 0.251 e. The fraction of sp³-hybridized carbons (Fsp3) is 0.429. The summed E-state index contributed by atoms with van der Waals surface area (Å²) in [7, 11) is 1.55. The number of benzene rings is 1. The maximum atomic E-state index is 12.3. The van der Waals surface area contributed by atoms with E-state index in [0.717, 1.165) is 19.5 Å². The molecule has 1 atom stereocenters. The Bertz CT molecular complexity index is 705. The Morgan fingerprint density at radius 3 is 2.92 bits per heavy atom. The summed E-state index contributed by atoms with van der Waals surface area (Å²) in [6, 6.07) is 14.5. The van der Waals surface area contributed by atoms with Crippen LogP contribution in [0.3, 0.4) is 0 Å². The van der Waals surface area contributed by atoms with Crippen LogP contribution in [0, 0.1) is 0 Å². The van der Waals surface area contributed by atoms with E-state index >= 15 is 0 Å². The molecule has 1 aliphatic rings. The van der Waals surface area contributed by atoms with E-state index < -0.39 is 0 Å². The van der Waals surface area contributed by atoms with Crippen molar-refractivity contribution >= 4 is 5.91 Å². The van der Waals surface area contributed by atoms with Crippen LogP contribution in [0.25, 0.3) is 0 Å². The lowest BCUT2D eigenvalue weighted by Gasteiger charge is -2.36. The zero-order chi connectivity index (χ0) is 18.2. The Balaban J connectivity index is 1.51. The van der Waals surface area contributed by atoms with Crippen molar-refractivity contribution in [1.29, 1.82) is 0 Å². The highest BCUT2D eigenvalue weighted by molar-refractivity contribution is 5.94. The zero-order valence-electron chi connectivity index (χ0n) is 15.4. The van der Waals surface area contributed by atoms with E-state index in [0.29, 0.717) is 24.0 Å². The van der Waals surface area contributed by atoms with Gasteiger partial charge >= 0.3 is 0 Å². The van der Waals surface area contributed by atoms with E-state index in [1.54, 1.807) is 25.4 Å². The first-order valence-corrected chi connectivity index (χ1v) is 9.32. The second-order valence-electron chi connectivity index (χ2n) is 6.74. The first-order valence-electron chi connectivity index (χ1n) is 9.32. The Hall–Kier alpha value is -2.40. The number of aromatic nitrogens is 1. The summed E-state index contributed by atoms with van der Waals surface area (Å²) in [5.41, 5.74) is 1.94. The average Bonchev–Trinajstić information content (AvgIpc) is 2.70. The van der Waals surface area contributed by atoms with Gasteiger partial charge in [0.05, 0.1) is 7.11 Å². The summed E-state index contributed by atoms with van der Waals surface area (Å²) in [4.78, 5) is 18.9. The van der Waals surface area contributed by atoms with Gasteiger partial charge in [0.15, 0.2) is 0 Å². The van der Waals surface area contributed by atoms with Crippen molar-refractivity contribution in [1.82, 2.24) is 15.2 Å². The Morgan fingerprint density at radius 1 is 1.27 bits per heavy atom. The molecule has 3 rings (SSSR count). The topological polar surface area (TPSA) is 54.5 Å². The van der Waals surface area contributed by atoms with Gasteiger partial charge in [-0.3, -0.25) is 9.69 Å². The predicted octanol–water partition coefficient (Wildman–Crippen LogP) is 3.26. The van der Waals surface area contributed by atoms with Gasteiger partial charge in [0.25, 0.3) is 5.91 Å². The predicted molar refractivity (Wildman–Crippen MR) is 102 cm³/mol. The van der Waals surface area contributed by atoms with Crippen molar-refractivity contribution in [3.8, 4) is 5.88 Å². The van der Waals surface area contributed by atoms with Crippen LogP contribution >= 0.6 is 0 Å². The second kappa shape index (κ2) is 9.34. The number of nitrogens with zero attached hydrogens (tertiary/aromatic N) is 2. The van der Waals surface area contributed by atoms with Gasteiger partial charge in [-0.05, 0) is 37.4 Å². The summed E-state index contributed by atoms with van der Waals surface area (Å²) in [5.74, 6) is 0.384. The number of amides is 1. The number of carbonyl (C=O) groups is 1. The van der Waals surface area contributed by atoms with Crippen molar-refractivity contribution in [2.24, 2.45) is 0 Å². The van der Waals surface area contributed by atoms with Crippen LogP contribution in [0.5, 0.6) is 5.88 Å². The van der Waals surface area contributed by atoms with Gasteiger partial charge < -0.3 is 10.1 Å². The lowest BCUT2D eigenvalue weighted by Crippen LogP contribution is -2.41. The minimum atomic E-state index is -0.0730. The summed E-state index contributed by atoms with van der Waals surface area (Å²) in [5, 5.41) is 3.03. The molecular weight excluding hydrogens is 326 g/mol. The third-order valence-corrected chi connectivity index (χ3v) is 4.95. The fourth-order valence-electron chi connectivity index (χ4n) is 3.53. The number of nitrogens with one attached hydrogen (secondary N) is 1. The summed E-state index contributed by atoms with van der Waals surface area (Å²) in [6.07, 6.45) is 6.29. The van der Waals surface area contributed by atoms with E-state index in [-0.39, 0.29) is 5.91 Å². The van der Waals surface area contributed by atoms with Gasteiger partial charge in [0.1, 0.15) is 0 Å². The van der Waals surface area contributed by atoms with E-state index in [1.807, 2.05) is 0 Å². The summed E-state index contributed by atoms with van der Waals surface area (Å²) >= 11 is 0. The SMILES string of the molecule is COc1cc(C(=O)NCCC2CCCCN2Cc2ccccc2)ccn1. The molecule has 1 unspecified atom stereocenters. The monoisotopic (exact) mass is 353 g/mol. The summed E-state index contributed by atoms with van der Waals surface area (Å²) < 4.78 is 5.08. The molecule has 1 aliphatic heterocycles. The Labute approximate surface area is 155 Å². The van der Waals surface area contributed by atoms with Gasteiger partial charge in [0, 0.05) is 37.0 Å². The highest BCUT2D eigenvalue weighted by Crippen LogP contribution is 2.21. The molecule has 1 saturated heterocycles. The van der Waals surface area contributed by atoms with Gasteiger partial charge in [-0.25, -0.2) is 4.98 Å². The van der Waals surface area contributed by atoms with E-state index in [4.69, 9.17) is 4.74 Å². The molecular formula is C21H27N3O2. The van der Waals surface area contributed by atoms with Crippen LogP contribution < -0.4 is 10.1 Å². The second-order valence-corrected chi connectivity index (χ2v) is 6.74. The molecule has 5 heteroatoms. The maximum absolute atomic E-state index is 12.3. The normalized spacial score (nSPS) is 17.7. The average molecular weight is 353 g/mol. The number of likely N-dealkylation sites (tertiary alicyclic amines) is 1. The Kier molecular flexibility index (Phi) is 6.61. The van der Waals surface area contributed by atoms with Gasteiger partial charge in [-0.1, -0.05) is 36.8 Å². The lowest BCUT2D eigenvalue weighted by atomic mass is 9.98. The van der Waals surface area contributed by atoms with Crippen molar-refractivity contribution < 1.29 is 9.53 Å². The van der Waals surface area contributed by atoms with E-state index in [2.05, 4.69) is 45.5 Å². The molecule has 0 bridgehead atoms. The zero-order valence-corrected chi connectivity index (χ0v) is 15.4. The standard InChI is InChI=1S/C21H27N3O2/c1-26-20-15-18(10-12-22-20)21(25)23-13-11-19-9-5-6-14-24(19)16-17-7-3-2-4-8-17/h2-4,7-8,10,12,15,19H,5-6,9,11,13-14,16H2,1H3,(H,23,25). The van der Waals surface area contributed by atoms with Gasteiger partial charge in [-0.2, -0.15) is 0 Å². The molecule has 26 heavy (non-hydrogen) atoms. The molecule has 2 heterocycles. The molecule has 0 saturated carbocycles. The highest BCUT2D eigenvalue weighted by atomic mass is 16.5. The molecule has 2 aromatic rings. The highest BCUT2D eigenvalue weighted by Gasteiger charge is 2.22. The molecule has 1 fully saturated rings. The molecule has 0 radical (unpaired) electrons. The molecule has 1 aromatic carbocycles. The number of carbonyl (C=O) groups excluding carboxylic acids is 1. The van der Waals surface area contributed by atoms with Crippen molar-refractivity contribution in [3.63, 3.8) is 0 Å². The quantitative estimate of drug-likeness (QED) is 0.830. The van der Waals surface area contributed by atoms with Crippen LogP contribution in [0.15, 0.2) is 48.7 Å². The van der Waals surface area contributed by atoms with Crippen LogP contribution in [0.4, 0.5) is 0 Å². The van der Waals surface area contributed by atoms with Gasteiger partial charge in [0.2, 0.25) is 5.88 Å². The van der Waals surface area contributed by atoms with Crippen LogP contribution in [0.1, 0.15) is 41.6 Å². The van der Waals surface area contributed by atoms with Crippen molar-refractivity contribution in [2.45, 2.75) is 38.3 Å². The number of piperidine rings is 1. The van der Waals surface area contributed by atoms with Crippen molar-refractivity contribution in [3.05, 3.63) is 59.8 Å². The molecule has 1 aromatic heterocycles. The first kappa shape index (κ1) is 18.4. The fourth-order valence-corrected chi connectivity index (χ4v) is 3.53. The molecule has 0 aliphatic carbocycles. The molecule has 1 N–H and O–H groups in total. The maximum Gasteiger partial charge on any atom is 0.251 e. The minimum absolute atomic E-state index is 0.0730. The van der Waals surface area contributed by atoms with Crippen LogP contribution in [-0.2, 0) is 6.54 Å². The number of hydrogen-bond acceptors (Lipinski definition) is 4. The number of methoxy groups -OCH3 is 1. The number of hydrogen-bond donors (Lipinski definition) is 1. The number of ether oxygens (including phenoxy) is 1. The van der Waals surface area contributed by atoms with E-state index in [9.17, 15) is 4.79 Å². The third-order valence-electron chi connectivity index (χ3n) is 4.95. The molecule has 5 nitrogen and oxygen atoms in total. The molecule has 138 valence electrons. The summed E-state index contributed by atoms with van der Waals surface area (Å²) in [6.45, 7) is 2.80. The largest absolute Gasteiger partial charge is 0.481 e. The van der Waals surface area contributed by atoms with Gasteiger partial charge in [-0.15, -0.1) is 0 Å². The first-order chi connectivity index (χ1) is 12.8. The third kappa shape index (κ3) is 5.05. The Morgan fingerprint density at radius 2 is 2.12 bits per heavy atom. The molecule has 0 spiro atoms. The van der Waals surface area contributed by atoms with Crippen LogP contribution in [0.2, 0.25) is 0 Å². The van der Waals surface area contributed by atoms with Crippen LogP contribution in [-0.4, -0.2) is 42.0 Å². The molecule has 1 amide bonds.